The fourth-order valence-electron chi connectivity index (χ4n) is 1.82. The molecule has 0 atom stereocenters. The number of benzene rings is 1. The van der Waals surface area contributed by atoms with Crippen LogP contribution in [0.15, 0.2) is 12.1 Å². The van der Waals surface area contributed by atoms with Crippen molar-refractivity contribution >= 4 is 5.97 Å². The van der Waals surface area contributed by atoms with Gasteiger partial charge in [-0.2, -0.15) is 0 Å². The quantitative estimate of drug-likeness (QED) is 0.843. The van der Waals surface area contributed by atoms with Crippen molar-refractivity contribution in [1.82, 2.24) is 0 Å². The van der Waals surface area contributed by atoms with Crippen molar-refractivity contribution in [1.29, 1.82) is 0 Å². The van der Waals surface area contributed by atoms with Gasteiger partial charge in [-0.05, 0) is 42.5 Å². The zero-order chi connectivity index (χ0) is 12.7. The molecule has 2 nitrogen and oxygen atoms in total. The van der Waals surface area contributed by atoms with Gasteiger partial charge in [0, 0.05) is 0 Å². The number of carboxylic acid groups (broad SMARTS) is 1. The Morgan fingerprint density at radius 3 is 2.12 bits per heavy atom. The van der Waals surface area contributed by atoms with Crippen LogP contribution in [-0.4, -0.2) is 11.1 Å². The van der Waals surface area contributed by atoms with E-state index in [2.05, 4.69) is 13.0 Å². The van der Waals surface area contributed by atoms with Gasteiger partial charge in [0.1, 0.15) is 0 Å². The largest absolute Gasteiger partial charge is 0.478 e. The fourth-order valence-corrected chi connectivity index (χ4v) is 1.82. The monoisotopic (exact) mass is 222 g/mol. The van der Waals surface area contributed by atoms with E-state index in [0.717, 1.165) is 29.5 Å². The number of hydrogen-bond donors (Lipinski definition) is 1. The summed E-state index contributed by atoms with van der Waals surface area (Å²) in [6.07, 6.45) is 1.68. The van der Waals surface area contributed by atoms with Crippen molar-refractivity contribution in [2.45, 2.75) is 47.5 Å². The van der Waals surface area contributed by atoms with Gasteiger partial charge in [0.05, 0.1) is 5.56 Å². The Morgan fingerprint density at radius 1 is 1.19 bits per heavy atom. The molecule has 1 aromatic rings. The highest BCUT2D eigenvalue weighted by molar-refractivity contribution is 5.90. The number of hydrogen-bond acceptors (Lipinski definition) is 1. The summed E-state index contributed by atoms with van der Waals surface area (Å²) >= 11 is 0. The van der Waals surface area contributed by atoms with Gasteiger partial charge in [-0.1, -0.05) is 33.8 Å². The summed E-state index contributed by atoms with van der Waals surface area (Å²) in [5.74, 6) is -0.819. The molecule has 0 amide bonds. The van der Waals surface area contributed by atoms with E-state index in [-0.39, 0.29) is 0 Å². The summed E-state index contributed by atoms with van der Waals surface area (Å²) < 4.78 is 0. The molecule has 0 bridgehead atoms. The number of carbonyl (C=O) groups is 1. The number of rotatable bonds is 3. The lowest BCUT2D eigenvalue weighted by atomic mass is 9.95. The summed E-state index contributed by atoms with van der Waals surface area (Å²) in [5, 5.41) is 9.04. The second-order valence-electron chi connectivity index (χ2n) is 3.46. The van der Waals surface area contributed by atoms with Crippen LogP contribution in [0.2, 0.25) is 0 Å². The van der Waals surface area contributed by atoms with Crippen LogP contribution in [0.1, 0.15) is 54.7 Å². The molecule has 16 heavy (non-hydrogen) atoms. The van der Waals surface area contributed by atoms with Crippen molar-refractivity contribution < 1.29 is 9.90 Å². The lowest BCUT2D eigenvalue weighted by molar-refractivity contribution is 0.0695. The van der Waals surface area contributed by atoms with Gasteiger partial charge in [0.15, 0.2) is 0 Å². The molecular weight excluding hydrogens is 200 g/mol. The van der Waals surface area contributed by atoms with E-state index in [4.69, 9.17) is 5.11 Å². The number of aromatic carboxylic acids is 1. The standard InChI is InChI=1S/C12H16O2.C2H6/c1-4-9-6-8(3)7-11(12(13)14)10(9)5-2;1-2/h6-7H,4-5H2,1-3H3,(H,13,14);1-2H3. The Hall–Kier alpha value is -1.31. The van der Waals surface area contributed by atoms with Crippen molar-refractivity contribution in [3.05, 3.63) is 34.4 Å². The Bertz CT molecular complexity index is 354. The van der Waals surface area contributed by atoms with Crippen LogP contribution in [0, 0.1) is 6.92 Å². The lowest BCUT2D eigenvalue weighted by Crippen LogP contribution is -2.05. The van der Waals surface area contributed by atoms with Gasteiger partial charge in [-0.25, -0.2) is 4.79 Å². The summed E-state index contributed by atoms with van der Waals surface area (Å²) in [4.78, 5) is 11.0. The molecular formula is C14H22O2. The highest BCUT2D eigenvalue weighted by Gasteiger charge is 2.12. The molecule has 1 rings (SSSR count). The summed E-state index contributed by atoms with van der Waals surface area (Å²) in [5.41, 5.74) is 3.62. The third-order valence-electron chi connectivity index (χ3n) is 2.45. The third-order valence-corrected chi connectivity index (χ3v) is 2.45. The average molecular weight is 222 g/mol. The molecule has 0 unspecified atom stereocenters. The maximum Gasteiger partial charge on any atom is 0.335 e. The zero-order valence-corrected chi connectivity index (χ0v) is 10.9. The molecule has 0 saturated heterocycles. The molecule has 0 aliphatic heterocycles. The average Bonchev–Trinajstić information content (AvgIpc) is 2.30. The maximum atomic E-state index is 11.0. The Balaban J connectivity index is 0.00000106. The van der Waals surface area contributed by atoms with Crippen molar-refractivity contribution in [3.8, 4) is 0 Å². The summed E-state index contributed by atoms with van der Waals surface area (Å²) in [6.45, 7) is 9.99. The molecule has 2 heteroatoms. The van der Waals surface area contributed by atoms with Gasteiger partial charge in [-0.3, -0.25) is 0 Å². The molecule has 0 saturated carbocycles. The molecule has 0 heterocycles. The SMILES string of the molecule is CC.CCc1cc(C)cc(C(=O)O)c1CC. The maximum absolute atomic E-state index is 11.0. The topological polar surface area (TPSA) is 37.3 Å². The van der Waals surface area contributed by atoms with E-state index in [1.54, 1.807) is 6.07 Å². The Labute approximate surface area is 98.3 Å². The first-order valence-corrected chi connectivity index (χ1v) is 5.95. The third kappa shape index (κ3) is 3.37. The van der Waals surface area contributed by atoms with E-state index in [0.29, 0.717) is 5.56 Å². The molecule has 0 spiro atoms. The molecule has 0 fully saturated rings. The lowest BCUT2D eigenvalue weighted by Gasteiger charge is -2.10. The number of carboxylic acids is 1. The van der Waals surface area contributed by atoms with Crippen LogP contribution in [0.4, 0.5) is 0 Å². The van der Waals surface area contributed by atoms with Crippen LogP contribution in [-0.2, 0) is 12.8 Å². The van der Waals surface area contributed by atoms with Gasteiger partial charge < -0.3 is 5.11 Å². The Morgan fingerprint density at radius 2 is 1.75 bits per heavy atom. The van der Waals surface area contributed by atoms with Crippen molar-refractivity contribution in [2.75, 3.05) is 0 Å². The van der Waals surface area contributed by atoms with Crippen LogP contribution < -0.4 is 0 Å². The summed E-state index contributed by atoms with van der Waals surface area (Å²) in [6, 6.07) is 3.82. The molecule has 1 N–H and O–H groups in total. The fraction of sp³-hybridized carbons (Fsp3) is 0.500. The molecule has 90 valence electrons. The van der Waals surface area contributed by atoms with Crippen molar-refractivity contribution in [2.24, 2.45) is 0 Å². The predicted octanol–water partition coefficient (Wildman–Crippen LogP) is 3.84. The van der Waals surface area contributed by atoms with Crippen LogP contribution in [0.5, 0.6) is 0 Å². The van der Waals surface area contributed by atoms with Crippen molar-refractivity contribution in [3.63, 3.8) is 0 Å². The van der Waals surface area contributed by atoms with Gasteiger partial charge in [0.2, 0.25) is 0 Å². The van der Waals surface area contributed by atoms with Crippen LogP contribution in [0.3, 0.4) is 0 Å². The molecule has 0 aliphatic carbocycles. The smallest absolute Gasteiger partial charge is 0.335 e. The highest BCUT2D eigenvalue weighted by Crippen LogP contribution is 2.19. The normalized spacial score (nSPS) is 9.31. The van der Waals surface area contributed by atoms with Gasteiger partial charge in [0.25, 0.3) is 0 Å². The van der Waals surface area contributed by atoms with Gasteiger partial charge >= 0.3 is 5.97 Å². The Kier molecular flexibility index (Phi) is 6.47. The highest BCUT2D eigenvalue weighted by atomic mass is 16.4. The predicted molar refractivity (Wildman–Crippen MR) is 68.2 cm³/mol. The minimum atomic E-state index is -0.819. The molecule has 0 aliphatic rings. The number of aryl methyl sites for hydroxylation is 2. The first-order valence-electron chi connectivity index (χ1n) is 5.95. The second kappa shape index (κ2) is 7.04. The second-order valence-corrected chi connectivity index (χ2v) is 3.46. The minimum Gasteiger partial charge on any atom is -0.478 e. The first-order chi connectivity index (χ1) is 7.60. The van der Waals surface area contributed by atoms with E-state index >= 15 is 0 Å². The summed E-state index contributed by atoms with van der Waals surface area (Å²) in [7, 11) is 0. The van der Waals surface area contributed by atoms with E-state index in [9.17, 15) is 4.79 Å². The van der Waals surface area contributed by atoms with Crippen LogP contribution in [0.25, 0.3) is 0 Å². The molecule has 1 aromatic carbocycles. The zero-order valence-electron chi connectivity index (χ0n) is 10.9. The molecule has 0 radical (unpaired) electrons. The minimum absolute atomic E-state index is 0.462. The van der Waals surface area contributed by atoms with E-state index in [1.165, 1.54) is 0 Å². The first kappa shape index (κ1) is 14.7. The van der Waals surface area contributed by atoms with E-state index < -0.39 is 5.97 Å². The molecule has 0 aromatic heterocycles. The van der Waals surface area contributed by atoms with Gasteiger partial charge in [-0.15, -0.1) is 0 Å². The van der Waals surface area contributed by atoms with Crippen LogP contribution >= 0.6 is 0 Å². The van der Waals surface area contributed by atoms with E-state index in [1.807, 2.05) is 27.7 Å².